The number of halogens is 2. The fraction of sp³-hybridized carbons (Fsp3) is 0.579. The lowest BCUT2D eigenvalue weighted by Gasteiger charge is -2.20. The van der Waals surface area contributed by atoms with Crippen molar-refractivity contribution in [3.63, 3.8) is 0 Å². The molecule has 3 aliphatic rings. The molecule has 1 aromatic carbocycles. The molecule has 146 valence electrons. The number of nitrogens with one attached hydrogen (secondary N) is 1. The number of carbonyl (C=O) groups is 2. The average molecular weight is 378 g/mol. The number of benzene rings is 1. The van der Waals surface area contributed by atoms with Gasteiger partial charge in [-0.15, -0.1) is 0 Å². The number of amides is 2. The fourth-order valence-electron chi connectivity index (χ4n) is 4.68. The molecule has 3 fully saturated rings. The lowest BCUT2D eigenvalue weighted by atomic mass is 9.98. The topological polar surface area (TPSA) is 78.7 Å². The highest BCUT2D eigenvalue weighted by Crippen LogP contribution is 2.37. The van der Waals surface area contributed by atoms with Crippen LogP contribution in [-0.2, 0) is 9.59 Å². The van der Waals surface area contributed by atoms with Gasteiger partial charge in [0.25, 0.3) is 0 Å². The summed E-state index contributed by atoms with van der Waals surface area (Å²) < 4.78 is 28.7. The molecule has 0 radical (unpaired) electrons. The second-order valence-electron chi connectivity index (χ2n) is 7.81. The van der Waals surface area contributed by atoms with Gasteiger partial charge in [0, 0.05) is 37.9 Å². The van der Waals surface area contributed by atoms with Gasteiger partial charge in [-0.1, -0.05) is 0 Å². The van der Waals surface area contributed by atoms with Gasteiger partial charge < -0.3 is 20.9 Å². The number of rotatable bonds is 2. The summed E-state index contributed by atoms with van der Waals surface area (Å²) in [6.45, 7) is 2.20. The number of anilines is 2. The van der Waals surface area contributed by atoms with Crippen molar-refractivity contribution < 1.29 is 18.4 Å². The Morgan fingerprint density at radius 1 is 1.07 bits per heavy atom. The van der Waals surface area contributed by atoms with Crippen LogP contribution >= 0.6 is 0 Å². The van der Waals surface area contributed by atoms with Crippen LogP contribution in [0.1, 0.15) is 25.7 Å². The molecular weight excluding hydrogens is 354 g/mol. The molecule has 1 saturated carbocycles. The Kier molecular flexibility index (Phi) is 4.75. The van der Waals surface area contributed by atoms with Crippen LogP contribution < -0.4 is 16.0 Å². The number of hydrogen-bond acceptors (Lipinski definition) is 4. The first-order chi connectivity index (χ1) is 12.9. The molecule has 2 saturated heterocycles. The number of fused-ring (bicyclic) bond motifs is 1. The number of nitrogens with two attached hydrogens (primary N) is 1. The largest absolute Gasteiger partial charge is 0.367 e. The van der Waals surface area contributed by atoms with E-state index in [2.05, 4.69) is 5.32 Å². The molecule has 1 aromatic rings. The number of nitrogens with zero attached hydrogens (tertiary/aromatic N) is 2. The molecule has 3 atom stereocenters. The van der Waals surface area contributed by atoms with E-state index in [1.807, 2.05) is 0 Å². The zero-order chi connectivity index (χ0) is 19.1. The molecule has 1 aliphatic carbocycles. The molecule has 0 bridgehead atoms. The van der Waals surface area contributed by atoms with Gasteiger partial charge in [0.2, 0.25) is 0 Å². The van der Waals surface area contributed by atoms with E-state index >= 15 is 0 Å². The lowest BCUT2D eigenvalue weighted by molar-refractivity contribution is -0.142. The molecular formula is C19H24F2N4O2. The number of carbonyl (C=O) groups excluding carboxylic acids is 2. The van der Waals surface area contributed by atoms with Crippen LogP contribution in [0.3, 0.4) is 0 Å². The first-order valence-corrected chi connectivity index (χ1v) is 9.54. The van der Waals surface area contributed by atoms with Crippen LogP contribution in [0.15, 0.2) is 12.1 Å². The Morgan fingerprint density at radius 2 is 1.74 bits per heavy atom. The van der Waals surface area contributed by atoms with Gasteiger partial charge in [0.1, 0.15) is 5.69 Å². The fourth-order valence-corrected chi connectivity index (χ4v) is 4.68. The summed E-state index contributed by atoms with van der Waals surface area (Å²) in [6.07, 6.45) is 3.71. The van der Waals surface area contributed by atoms with Crippen molar-refractivity contribution in [2.75, 3.05) is 36.4 Å². The van der Waals surface area contributed by atoms with E-state index in [0.717, 1.165) is 37.8 Å². The minimum atomic E-state index is -0.878. The molecule has 0 aromatic heterocycles. The molecule has 4 rings (SSSR count). The van der Waals surface area contributed by atoms with Crippen LogP contribution in [-0.4, -0.2) is 48.9 Å². The summed E-state index contributed by atoms with van der Waals surface area (Å²) in [7, 11) is 0. The van der Waals surface area contributed by atoms with Gasteiger partial charge >= 0.3 is 11.8 Å². The van der Waals surface area contributed by atoms with Crippen LogP contribution in [0, 0.1) is 23.5 Å². The van der Waals surface area contributed by atoms with E-state index in [1.165, 1.54) is 4.90 Å². The quantitative estimate of drug-likeness (QED) is 0.768. The van der Waals surface area contributed by atoms with Crippen molar-refractivity contribution in [3.05, 3.63) is 23.8 Å². The Morgan fingerprint density at radius 3 is 2.37 bits per heavy atom. The van der Waals surface area contributed by atoms with E-state index in [4.69, 9.17) is 5.73 Å². The lowest BCUT2D eigenvalue weighted by Crippen LogP contribution is -2.40. The van der Waals surface area contributed by atoms with Crippen molar-refractivity contribution in [3.8, 4) is 0 Å². The molecule has 3 N–H and O–H groups in total. The maximum Gasteiger partial charge on any atom is 0.313 e. The third-order valence-electron chi connectivity index (χ3n) is 6.09. The second kappa shape index (κ2) is 7.07. The molecule has 3 unspecified atom stereocenters. The molecule has 6 nitrogen and oxygen atoms in total. The highest BCUT2D eigenvalue weighted by Gasteiger charge is 2.43. The van der Waals surface area contributed by atoms with Gasteiger partial charge in [-0.3, -0.25) is 9.59 Å². The number of hydrogen-bond donors (Lipinski definition) is 2. The van der Waals surface area contributed by atoms with E-state index in [1.54, 1.807) is 4.90 Å². The Labute approximate surface area is 156 Å². The monoisotopic (exact) mass is 378 g/mol. The third-order valence-corrected chi connectivity index (χ3v) is 6.09. The standard InChI is InChI=1S/C19H24F2N4O2/c20-14-7-12(8-15(21)17(14)24-5-1-2-6-24)23-18(26)19(27)25-9-11-3-4-16(22)13(11)10-25/h7-8,11,13,16H,1-6,9-10,22H2,(H,23,26). The normalized spacial score (nSPS) is 27.1. The van der Waals surface area contributed by atoms with E-state index < -0.39 is 23.4 Å². The summed E-state index contributed by atoms with van der Waals surface area (Å²) in [5.74, 6) is -2.46. The van der Waals surface area contributed by atoms with Gasteiger partial charge in [-0.05, 0) is 49.7 Å². The van der Waals surface area contributed by atoms with Crippen LogP contribution in [0.25, 0.3) is 0 Å². The van der Waals surface area contributed by atoms with Gasteiger partial charge in [-0.2, -0.15) is 0 Å². The van der Waals surface area contributed by atoms with Crippen LogP contribution in [0.5, 0.6) is 0 Å². The van der Waals surface area contributed by atoms with Gasteiger partial charge in [0.05, 0.1) is 0 Å². The first kappa shape index (κ1) is 18.2. The van der Waals surface area contributed by atoms with Crippen molar-refractivity contribution in [1.29, 1.82) is 0 Å². The maximum absolute atomic E-state index is 14.4. The SMILES string of the molecule is NC1CCC2CN(C(=O)C(=O)Nc3cc(F)c(N4CCCC4)c(F)c3)CC12. The summed E-state index contributed by atoms with van der Waals surface area (Å²) >= 11 is 0. The van der Waals surface area contributed by atoms with Gasteiger partial charge in [-0.25, -0.2) is 8.78 Å². The summed E-state index contributed by atoms with van der Waals surface area (Å²) in [4.78, 5) is 27.8. The molecule has 2 heterocycles. The van der Waals surface area contributed by atoms with E-state index in [-0.39, 0.29) is 23.3 Å². The second-order valence-corrected chi connectivity index (χ2v) is 7.81. The molecule has 27 heavy (non-hydrogen) atoms. The first-order valence-electron chi connectivity index (χ1n) is 9.54. The highest BCUT2D eigenvalue weighted by molar-refractivity contribution is 6.39. The minimum Gasteiger partial charge on any atom is -0.367 e. The third kappa shape index (κ3) is 3.38. The van der Waals surface area contributed by atoms with Gasteiger partial charge in [0.15, 0.2) is 11.6 Å². The smallest absolute Gasteiger partial charge is 0.313 e. The van der Waals surface area contributed by atoms with E-state index in [0.29, 0.717) is 32.1 Å². The Bertz CT molecular complexity index is 743. The molecule has 2 aliphatic heterocycles. The molecule has 0 spiro atoms. The summed E-state index contributed by atoms with van der Waals surface area (Å²) in [5, 5.41) is 2.34. The van der Waals surface area contributed by atoms with Crippen molar-refractivity contribution in [2.45, 2.75) is 31.7 Å². The van der Waals surface area contributed by atoms with Crippen molar-refractivity contribution >= 4 is 23.2 Å². The van der Waals surface area contributed by atoms with Crippen LogP contribution in [0.4, 0.5) is 20.2 Å². The number of likely N-dealkylation sites (tertiary alicyclic amines) is 1. The van der Waals surface area contributed by atoms with E-state index in [9.17, 15) is 18.4 Å². The predicted molar refractivity (Wildman–Crippen MR) is 97.2 cm³/mol. The average Bonchev–Trinajstić information content (AvgIpc) is 3.33. The predicted octanol–water partition coefficient (Wildman–Crippen LogP) is 1.70. The van der Waals surface area contributed by atoms with Crippen molar-refractivity contribution in [2.24, 2.45) is 17.6 Å². The van der Waals surface area contributed by atoms with Crippen LogP contribution in [0.2, 0.25) is 0 Å². The minimum absolute atomic E-state index is 0.0533. The zero-order valence-corrected chi connectivity index (χ0v) is 15.1. The maximum atomic E-state index is 14.4. The van der Waals surface area contributed by atoms with Crippen molar-refractivity contribution in [1.82, 2.24) is 4.90 Å². The highest BCUT2D eigenvalue weighted by atomic mass is 19.1. The summed E-state index contributed by atoms with van der Waals surface area (Å²) in [5.41, 5.74) is 5.93. The Hall–Kier alpha value is -2.22. The zero-order valence-electron chi connectivity index (χ0n) is 15.1. The molecule has 2 amide bonds. The molecule has 8 heteroatoms. The summed E-state index contributed by atoms with van der Waals surface area (Å²) in [6, 6.07) is 2.20. The Balaban J connectivity index is 1.43.